The van der Waals surface area contributed by atoms with Gasteiger partial charge in [-0.15, -0.1) is 0 Å². The molecule has 0 aliphatic heterocycles. The third-order valence-electron chi connectivity index (χ3n) is 2.55. The molecule has 0 aromatic heterocycles. The van der Waals surface area contributed by atoms with E-state index in [1.54, 1.807) is 31.2 Å². The summed E-state index contributed by atoms with van der Waals surface area (Å²) in [6, 6.07) is 6.12. The monoisotopic (exact) mass is 296 g/mol. The molecule has 1 aromatic carbocycles. The van der Waals surface area contributed by atoms with Gasteiger partial charge in [-0.25, -0.2) is 0 Å². The Kier molecular flexibility index (Phi) is 7.20. The van der Waals surface area contributed by atoms with E-state index in [4.69, 9.17) is 25.5 Å². The highest BCUT2D eigenvalue weighted by Gasteiger charge is 2.11. The second kappa shape index (κ2) is 8.93. The first kappa shape index (κ1) is 16.9. The molecule has 7 nitrogen and oxygen atoms in total. The molecule has 0 saturated carbocycles. The average molecular weight is 296 g/mol. The Morgan fingerprint density at radius 2 is 2.05 bits per heavy atom. The molecule has 1 aromatic rings. The minimum Gasteiger partial charge on any atom is -0.488 e. The number of carboxylic acids is 1. The van der Waals surface area contributed by atoms with Gasteiger partial charge in [0.15, 0.2) is 0 Å². The molecule has 7 heteroatoms. The fraction of sp³-hybridized carbons (Fsp3) is 0.429. The van der Waals surface area contributed by atoms with Crippen molar-refractivity contribution in [3.05, 3.63) is 29.8 Å². The summed E-state index contributed by atoms with van der Waals surface area (Å²) in [5.74, 6) is -0.385. The summed E-state index contributed by atoms with van der Waals surface area (Å²) in [6.45, 7) is 2.07. The second-order valence-corrected chi connectivity index (χ2v) is 4.46. The Morgan fingerprint density at radius 3 is 2.62 bits per heavy atom. The minimum absolute atomic E-state index is 0.0857. The van der Waals surface area contributed by atoms with Crippen LogP contribution in [0, 0.1) is 0 Å². The van der Waals surface area contributed by atoms with Gasteiger partial charge in [0, 0.05) is 0 Å². The quantitative estimate of drug-likeness (QED) is 0.345. The molecule has 0 heterocycles. The number of aliphatic hydroxyl groups excluding tert-OH is 1. The minimum atomic E-state index is -1.02. The van der Waals surface area contributed by atoms with Gasteiger partial charge in [-0.3, -0.25) is 4.79 Å². The van der Waals surface area contributed by atoms with Gasteiger partial charge in [-0.1, -0.05) is 17.3 Å². The molecule has 0 spiro atoms. The summed E-state index contributed by atoms with van der Waals surface area (Å²) in [6.07, 6.45) is 0.269. The highest BCUT2D eigenvalue weighted by atomic mass is 16.6. The predicted octanol–water partition coefficient (Wildman–Crippen LogP) is 0.405. The van der Waals surface area contributed by atoms with Crippen LogP contribution in [0.4, 0.5) is 0 Å². The van der Waals surface area contributed by atoms with Crippen LogP contribution in [0.2, 0.25) is 0 Å². The van der Waals surface area contributed by atoms with E-state index in [1.807, 2.05) is 0 Å². The molecule has 0 amide bonds. The Labute approximate surface area is 123 Å². The predicted molar refractivity (Wildman–Crippen MR) is 77.4 cm³/mol. The largest absolute Gasteiger partial charge is 0.488 e. The number of aliphatic hydroxyl groups is 1. The van der Waals surface area contributed by atoms with Crippen molar-refractivity contribution < 1.29 is 24.6 Å². The van der Waals surface area contributed by atoms with Crippen LogP contribution < -0.4 is 10.5 Å². The van der Waals surface area contributed by atoms with Crippen LogP contribution in [0.1, 0.15) is 12.5 Å². The van der Waals surface area contributed by atoms with E-state index in [0.29, 0.717) is 11.5 Å². The topological polar surface area (TPSA) is 114 Å². The Morgan fingerprint density at radius 1 is 1.38 bits per heavy atom. The number of ether oxygens (including phenoxy) is 1. The van der Waals surface area contributed by atoms with Crippen LogP contribution in [-0.4, -0.2) is 47.8 Å². The second-order valence-electron chi connectivity index (χ2n) is 4.46. The summed E-state index contributed by atoms with van der Waals surface area (Å²) < 4.78 is 5.49. The zero-order chi connectivity index (χ0) is 15.7. The number of rotatable bonds is 9. The number of carboxylic acid groups (broad SMARTS) is 1. The number of hydrogen-bond acceptors (Lipinski definition) is 6. The van der Waals surface area contributed by atoms with Crippen molar-refractivity contribution in [3.8, 4) is 5.75 Å². The van der Waals surface area contributed by atoms with Crippen molar-refractivity contribution in [2.75, 3.05) is 19.8 Å². The van der Waals surface area contributed by atoms with Gasteiger partial charge >= 0.3 is 5.97 Å². The fourth-order valence-corrected chi connectivity index (χ4v) is 1.47. The maximum Gasteiger partial charge on any atom is 0.320 e. The molecular formula is C14H20N2O5. The molecule has 0 aliphatic rings. The average Bonchev–Trinajstić information content (AvgIpc) is 2.46. The van der Waals surface area contributed by atoms with E-state index >= 15 is 0 Å². The van der Waals surface area contributed by atoms with Gasteiger partial charge in [0.05, 0.1) is 12.3 Å². The summed E-state index contributed by atoms with van der Waals surface area (Å²) in [5, 5.41) is 21.0. The number of nitrogens with two attached hydrogens (primary N) is 1. The first-order valence-electron chi connectivity index (χ1n) is 6.49. The van der Waals surface area contributed by atoms with Crippen LogP contribution in [0.5, 0.6) is 5.75 Å². The van der Waals surface area contributed by atoms with E-state index < -0.39 is 12.0 Å². The maximum absolute atomic E-state index is 10.7. The lowest BCUT2D eigenvalue weighted by Crippen LogP contribution is -2.32. The first-order chi connectivity index (χ1) is 10.0. The third kappa shape index (κ3) is 6.73. The van der Waals surface area contributed by atoms with E-state index in [2.05, 4.69) is 5.16 Å². The van der Waals surface area contributed by atoms with Crippen molar-refractivity contribution >= 4 is 11.7 Å². The molecule has 0 radical (unpaired) electrons. The van der Waals surface area contributed by atoms with Gasteiger partial charge in [0.2, 0.25) is 0 Å². The van der Waals surface area contributed by atoms with E-state index in [0.717, 1.165) is 5.56 Å². The molecule has 1 rings (SSSR count). The number of oxime groups is 1. The molecular weight excluding hydrogens is 276 g/mol. The van der Waals surface area contributed by atoms with Crippen molar-refractivity contribution in [1.29, 1.82) is 0 Å². The van der Waals surface area contributed by atoms with Crippen molar-refractivity contribution in [1.82, 2.24) is 0 Å². The molecule has 4 N–H and O–H groups in total. The molecule has 21 heavy (non-hydrogen) atoms. The van der Waals surface area contributed by atoms with E-state index in [9.17, 15) is 4.79 Å². The van der Waals surface area contributed by atoms with Crippen LogP contribution in [0.15, 0.2) is 29.4 Å². The van der Waals surface area contributed by atoms with Gasteiger partial charge in [0.25, 0.3) is 0 Å². The normalized spacial score (nSPS) is 12.8. The SMILES string of the molecule is CC(COc1ccc(CC(N)C(=O)O)cc1)=NOCCO. The number of benzene rings is 1. The molecule has 1 unspecified atom stereocenters. The lowest BCUT2D eigenvalue weighted by atomic mass is 10.1. The van der Waals surface area contributed by atoms with Crippen molar-refractivity contribution in [2.24, 2.45) is 10.9 Å². The summed E-state index contributed by atoms with van der Waals surface area (Å²) in [5.41, 5.74) is 6.93. The van der Waals surface area contributed by atoms with Crippen LogP contribution in [0.3, 0.4) is 0 Å². The number of nitrogens with zero attached hydrogens (tertiary/aromatic N) is 1. The van der Waals surface area contributed by atoms with Gasteiger partial charge in [0.1, 0.15) is 25.0 Å². The zero-order valence-corrected chi connectivity index (χ0v) is 11.9. The van der Waals surface area contributed by atoms with Gasteiger partial charge < -0.3 is 25.5 Å². The standard InChI is InChI=1S/C14H20N2O5/c1-10(16-21-7-6-17)9-20-12-4-2-11(3-5-12)8-13(15)14(18)19/h2-5,13,17H,6-9,15H2,1H3,(H,18,19). The summed E-state index contributed by atoms with van der Waals surface area (Å²) in [4.78, 5) is 15.5. The van der Waals surface area contributed by atoms with Crippen molar-refractivity contribution in [3.63, 3.8) is 0 Å². The Balaban J connectivity index is 2.44. The fourth-order valence-electron chi connectivity index (χ4n) is 1.47. The van der Waals surface area contributed by atoms with Crippen LogP contribution >= 0.6 is 0 Å². The third-order valence-corrected chi connectivity index (χ3v) is 2.55. The molecule has 0 bridgehead atoms. The molecule has 0 aliphatic carbocycles. The lowest BCUT2D eigenvalue weighted by Gasteiger charge is -2.09. The number of carbonyl (C=O) groups is 1. The van der Waals surface area contributed by atoms with E-state index in [-0.39, 0.29) is 26.2 Å². The molecule has 116 valence electrons. The van der Waals surface area contributed by atoms with Gasteiger partial charge in [-0.05, 0) is 31.0 Å². The first-order valence-corrected chi connectivity index (χ1v) is 6.49. The number of hydrogen-bond donors (Lipinski definition) is 3. The molecule has 0 saturated heterocycles. The lowest BCUT2D eigenvalue weighted by molar-refractivity contribution is -0.138. The van der Waals surface area contributed by atoms with Crippen LogP contribution in [-0.2, 0) is 16.1 Å². The highest BCUT2D eigenvalue weighted by Crippen LogP contribution is 2.13. The van der Waals surface area contributed by atoms with Gasteiger partial charge in [-0.2, -0.15) is 0 Å². The number of aliphatic carboxylic acids is 1. The Hall–Kier alpha value is -2.12. The summed E-state index contributed by atoms with van der Waals surface area (Å²) in [7, 11) is 0. The van der Waals surface area contributed by atoms with Crippen molar-refractivity contribution in [2.45, 2.75) is 19.4 Å². The molecule has 0 fully saturated rings. The van der Waals surface area contributed by atoms with E-state index in [1.165, 1.54) is 0 Å². The summed E-state index contributed by atoms with van der Waals surface area (Å²) >= 11 is 0. The van der Waals surface area contributed by atoms with Crippen LogP contribution in [0.25, 0.3) is 0 Å². The zero-order valence-electron chi connectivity index (χ0n) is 11.9. The maximum atomic E-state index is 10.7. The highest BCUT2D eigenvalue weighted by molar-refractivity contribution is 5.82. The Bertz CT molecular complexity index is 473. The smallest absolute Gasteiger partial charge is 0.320 e. The molecule has 1 atom stereocenters.